The van der Waals surface area contributed by atoms with Crippen LogP contribution in [0.5, 0.6) is 5.75 Å². The van der Waals surface area contributed by atoms with Crippen LogP contribution in [0.25, 0.3) is 0 Å². The van der Waals surface area contributed by atoms with Gasteiger partial charge in [-0.15, -0.1) is 0 Å². The average Bonchev–Trinajstić information content (AvgIpc) is 4.13. The van der Waals surface area contributed by atoms with Crippen molar-refractivity contribution in [1.82, 2.24) is 35.6 Å². The highest BCUT2D eigenvalue weighted by molar-refractivity contribution is 6.35. The lowest BCUT2D eigenvalue weighted by Gasteiger charge is -2.36. The number of rotatable bonds is 15. The lowest BCUT2D eigenvalue weighted by atomic mass is 9.91. The first-order valence-corrected chi connectivity index (χ1v) is 27.9. The van der Waals surface area contributed by atoms with E-state index in [0.717, 1.165) is 6.92 Å². The summed E-state index contributed by atoms with van der Waals surface area (Å²) < 4.78 is 17.2. The number of hydrogen-bond acceptors (Lipinski definition) is 15. The van der Waals surface area contributed by atoms with Crippen LogP contribution in [0.1, 0.15) is 133 Å². The van der Waals surface area contributed by atoms with Crippen LogP contribution in [0.3, 0.4) is 0 Å². The summed E-state index contributed by atoms with van der Waals surface area (Å²) in [5.74, 6) is -11.3. The van der Waals surface area contributed by atoms with Crippen LogP contribution >= 0.6 is 0 Å². The van der Waals surface area contributed by atoms with Crippen LogP contribution in [0, 0.1) is 29.6 Å². The number of methoxy groups -OCH3 is 1. The third-order valence-corrected chi connectivity index (χ3v) is 15.4. The zero-order valence-electron chi connectivity index (χ0n) is 48.7. The summed E-state index contributed by atoms with van der Waals surface area (Å²) in [5.41, 5.74) is 0.566. The van der Waals surface area contributed by atoms with Gasteiger partial charge in [0.25, 0.3) is 5.91 Å². The van der Waals surface area contributed by atoms with E-state index in [9.17, 15) is 57.8 Å². The Morgan fingerprint density at radius 2 is 1.49 bits per heavy atom. The van der Waals surface area contributed by atoms with E-state index in [-0.39, 0.29) is 57.0 Å². The molecule has 3 saturated heterocycles. The predicted molar refractivity (Wildman–Crippen MR) is 289 cm³/mol. The molecule has 3 aliphatic rings. The monoisotopic (exact) mass is 1110 g/mol. The number of ketones is 2. The summed E-state index contributed by atoms with van der Waals surface area (Å²) in [7, 11) is 4.26. The van der Waals surface area contributed by atoms with E-state index < -0.39 is 150 Å². The Labute approximate surface area is 465 Å². The molecule has 0 bridgehead atoms. The largest absolute Gasteiger partial charge is 0.497 e. The fraction of sp³-hybridized carbons (Fsp3) is 0.702. The van der Waals surface area contributed by atoms with E-state index in [2.05, 4.69) is 16.0 Å². The molecular weight excluding hydrogens is 1020 g/mol. The summed E-state index contributed by atoms with van der Waals surface area (Å²) >= 11 is 0. The predicted octanol–water partition coefficient (Wildman–Crippen LogP) is 2.52. The second-order valence-corrected chi connectivity index (χ2v) is 22.8. The fourth-order valence-corrected chi connectivity index (χ4v) is 10.5. The highest BCUT2D eigenvalue weighted by Gasteiger charge is 2.46. The standard InChI is InChI=1S/C57H87N7O15/c1-15-33(8)46-44(66)29-45(67)79-49(32(6)7)48(68)34(9)50(69)58-39(26-30(2)3)54(73)64-25-17-19-41(64)56(75)62(13)43(28-37-20-22-38(77-14)23-21-37)57(76)78-36(11)47(52(71)59-46)60-51(70)42(27-31(4)5)61(12)55(74)40-18-16-24-63(40)53(72)35(10)65/h20-23,30-34,36,39-44,46-47,49,66H,15-19,24-29H2,1-14H3,(H,58,69)(H,59,71)(H,60,70)/t33-,34-,36-,39+,40-,41-,42+,43-,44+,46+,47-,49+/m0/s1. The van der Waals surface area contributed by atoms with Crippen LogP contribution in [0.4, 0.5) is 0 Å². The molecule has 3 aliphatic heterocycles. The molecule has 440 valence electrons. The van der Waals surface area contributed by atoms with Crippen molar-refractivity contribution in [2.75, 3.05) is 34.3 Å². The number of carbonyl (C=O) groups excluding carboxylic acids is 11. The van der Waals surface area contributed by atoms with Crippen LogP contribution in [-0.2, 0) is 68.6 Å². The smallest absolute Gasteiger partial charge is 0.329 e. The second kappa shape index (κ2) is 29.1. The minimum atomic E-state index is -1.78. The third-order valence-electron chi connectivity index (χ3n) is 15.4. The number of Topliss-reactive ketones (excluding diaryl/α,β-unsaturated/α-hetero) is 2. The van der Waals surface area contributed by atoms with Crippen molar-refractivity contribution >= 4 is 64.9 Å². The molecule has 3 fully saturated rings. The molecule has 79 heavy (non-hydrogen) atoms. The van der Waals surface area contributed by atoms with Crippen LogP contribution < -0.4 is 20.7 Å². The minimum absolute atomic E-state index is 0.0545. The molecule has 0 saturated carbocycles. The Hall–Kier alpha value is -6.45. The number of cyclic esters (lactones) is 2. The Morgan fingerprint density at radius 3 is 2.06 bits per heavy atom. The number of fused-ring (bicyclic) bond motifs is 1. The number of likely N-dealkylation sites (tertiary alicyclic amines) is 1. The summed E-state index contributed by atoms with van der Waals surface area (Å²) in [6.07, 6.45) is -3.76. The molecule has 4 N–H and O–H groups in total. The molecule has 1 aromatic carbocycles. The molecule has 12 atom stereocenters. The van der Waals surface area contributed by atoms with Gasteiger partial charge in [0.05, 0.1) is 31.6 Å². The molecule has 4 rings (SSSR count). The highest BCUT2D eigenvalue weighted by Crippen LogP contribution is 2.27. The molecule has 0 unspecified atom stereocenters. The van der Waals surface area contributed by atoms with Gasteiger partial charge in [-0.25, -0.2) is 4.79 Å². The number of hydrogen-bond donors (Lipinski definition) is 4. The second-order valence-electron chi connectivity index (χ2n) is 22.8. The number of benzene rings is 1. The highest BCUT2D eigenvalue weighted by atomic mass is 16.6. The number of ether oxygens (including phenoxy) is 3. The summed E-state index contributed by atoms with van der Waals surface area (Å²) in [5, 5.41) is 20.1. The molecule has 3 heterocycles. The molecule has 0 aromatic heterocycles. The van der Waals surface area contributed by atoms with Gasteiger partial charge in [-0.3, -0.25) is 47.9 Å². The van der Waals surface area contributed by atoms with Crippen molar-refractivity contribution in [1.29, 1.82) is 0 Å². The Balaban J connectivity index is 1.89. The van der Waals surface area contributed by atoms with E-state index >= 15 is 0 Å². The molecular formula is C57H87N7O15. The average molecular weight is 1110 g/mol. The van der Waals surface area contributed by atoms with Crippen molar-refractivity contribution in [3.8, 4) is 5.75 Å². The van der Waals surface area contributed by atoms with E-state index in [4.69, 9.17) is 14.2 Å². The topological polar surface area (TPSA) is 285 Å². The fourth-order valence-electron chi connectivity index (χ4n) is 10.5. The maximum Gasteiger partial charge on any atom is 0.329 e. The van der Waals surface area contributed by atoms with Gasteiger partial charge in [0, 0.05) is 40.5 Å². The molecule has 22 heteroatoms. The van der Waals surface area contributed by atoms with Gasteiger partial charge in [-0.05, 0) is 93.7 Å². The number of carbonyl (C=O) groups is 11. The first kappa shape index (κ1) is 65.1. The normalized spacial score (nSPS) is 27.2. The zero-order chi connectivity index (χ0) is 59.3. The number of esters is 2. The van der Waals surface area contributed by atoms with Crippen LogP contribution in [0.2, 0.25) is 0 Å². The number of likely N-dealkylation sites (N-methyl/N-ethyl adjacent to an activating group) is 2. The minimum Gasteiger partial charge on any atom is -0.497 e. The molecule has 0 radical (unpaired) electrons. The van der Waals surface area contributed by atoms with Crippen molar-refractivity contribution in [2.45, 2.75) is 195 Å². The van der Waals surface area contributed by atoms with Gasteiger partial charge in [-0.1, -0.05) is 73.9 Å². The van der Waals surface area contributed by atoms with E-state index in [0.29, 0.717) is 30.6 Å². The van der Waals surface area contributed by atoms with Crippen molar-refractivity contribution in [3.63, 3.8) is 0 Å². The van der Waals surface area contributed by atoms with Crippen LogP contribution in [0.15, 0.2) is 24.3 Å². The quantitative estimate of drug-likeness (QED) is 0.112. The number of aliphatic hydroxyl groups excluding tert-OH is 1. The van der Waals surface area contributed by atoms with Gasteiger partial charge in [0.1, 0.15) is 48.1 Å². The zero-order valence-corrected chi connectivity index (χ0v) is 48.7. The molecule has 1 aromatic rings. The van der Waals surface area contributed by atoms with Crippen molar-refractivity contribution < 1.29 is 72.1 Å². The third kappa shape index (κ3) is 16.8. The molecule has 22 nitrogen and oxygen atoms in total. The molecule has 0 aliphatic carbocycles. The maximum atomic E-state index is 15.0. The number of amides is 7. The van der Waals surface area contributed by atoms with E-state index in [1.165, 1.54) is 54.7 Å². The van der Waals surface area contributed by atoms with Gasteiger partial charge in [0.2, 0.25) is 41.2 Å². The SMILES string of the molecule is CC[C@H](C)[C@H]1NC(=O)[C@@H](NC(=O)[C@@H](CC(C)C)N(C)C(=O)[C@@H]2CCCN2C(=O)C(C)=O)[C@H](C)OC(=O)[C@H](Cc2ccc(OC)cc2)N(C)C(=O)[C@@H]2CCCN2C(=O)[C@@H](CC(C)C)NC(=O)[C@@H](C)C(=O)[C@@H](C(C)C)OC(=O)C[C@H]1O. The Bertz CT molecular complexity index is 2380. The van der Waals surface area contributed by atoms with E-state index in [1.807, 2.05) is 27.7 Å². The molecule has 0 spiro atoms. The number of aliphatic hydroxyl groups is 1. The summed E-state index contributed by atoms with van der Waals surface area (Å²) in [6.45, 7) is 18.1. The number of nitrogens with zero attached hydrogens (tertiary/aromatic N) is 4. The van der Waals surface area contributed by atoms with Gasteiger partial charge >= 0.3 is 11.9 Å². The first-order valence-electron chi connectivity index (χ1n) is 27.9. The Kier molecular flexibility index (Phi) is 24.0. The lowest BCUT2D eigenvalue weighted by molar-refractivity contribution is -0.163. The number of nitrogens with one attached hydrogen (secondary N) is 3. The van der Waals surface area contributed by atoms with Crippen molar-refractivity contribution in [2.24, 2.45) is 29.6 Å². The lowest BCUT2D eigenvalue weighted by Crippen LogP contribution is -2.62. The van der Waals surface area contributed by atoms with Gasteiger partial charge < -0.3 is 54.9 Å². The maximum absolute atomic E-state index is 15.0. The first-order chi connectivity index (χ1) is 37.0. The summed E-state index contributed by atoms with van der Waals surface area (Å²) in [4.78, 5) is 160. The van der Waals surface area contributed by atoms with E-state index in [1.54, 1.807) is 52.0 Å². The Morgan fingerprint density at radius 1 is 0.861 bits per heavy atom. The molecule has 7 amide bonds. The van der Waals surface area contributed by atoms with Crippen LogP contribution in [-0.4, -0.2) is 184 Å². The summed E-state index contributed by atoms with van der Waals surface area (Å²) in [6, 6.07) is -2.32. The van der Waals surface area contributed by atoms with Crippen molar-refractivity contribution in [3.05, 3.63) is 29.8 Å². The van der Waals surface area contributed by atoms with Gasteiger partial charge in [0.15, 0.2) is 11.9 Å². The van der Waals surface area contributed by atoms with Gasteiger partial charge in [-0.2, -0.15) is 0 Å².